The molecule has 3 saturated heterocycles. The maximum Gasteiger partial charge on any atom is 0.329 e. The first-order chi connectivity index (χ1) is 31.4. The molecule has 4 atom stereocenters. The summed E-state index contributed by atoms with van der Waals surface area (Å²) in [4.78, 5) is 69.5. The number of rotatable bonds is 6. The molecule has 4 aliphatic heterocycles. The van der Waals surface area contributed by atoms with Gasteiger partial charge in [-0.25, -0.2) is 9.18 Å². The van der Waals surface area contributed by atoms with E-state index < -0.39 is 40.7 Å². The average molecular weight is 923 g/mol. The lowest BCUT2D eigenvalue weighted by Gasteiger charge is -2.47. The third kappa shape index (κ3) is 7.58. The molecule has 2 saturated carbocycles. The second-order valence-electron chi connectivity index (χ2n) is 19.3. The first-order valence-corrected chi connectivity index (χ1v) is 24.0. The van der Waals surface area contributed by atoms with Gasteiger partial charge in [0, 0.05) is 59.7 Å². The van der Waals surface area contributed by atoms with Gasteiger partial charge in [0.15, 0.2) is 0 Å². The molecule has 3 aromatic carbocycles. The quantitative estimate of drug-likeness (QED) is 0.122. The number of nitrogens with one attached hydrogen (secondary N) is 4. The van der Waals surface area contributed by atoms with E-state index in [2.05, 4.69) is 38.0 Å². The van der Waals surface area contributed by atoms with Crippen LogP contribution < -0.4 is 27.0 Å². The third-order valence-corrected chi connectivity index (χ3v) is 16.2. The minimum Gasteiger partial charge on any atom is -0.352 e. The molecule has 10 rings (SSSR count). The molecule has 6 aliphatic rings. The maximum absolute atomic E-state index is 16.3. The summed E-state index contributed by atoms with van der Waals surface area (Å²) in [5.74, 6) is 4.90. The van der Waals surface area contributed by atoms with Crippen LogP contribution in [0.25, 0.3) is 11.0 Å². The standard InChI is InChI=1S/C50H54Cl2FN7O5/c1-58-40-26-30(12-17-38(40)60(48(58)65)39-18-19-41(61)56-45(39)62)9-8-29-20-24-59(25-21-29)28-31-10-14-33(15-11-31)54-46(63)44-42(34-6-5-7-36(52)43(34)53)50(49(57-44)22-3-2-4-23-49)35-16-13-32(51)27-37(35)55-47(50)64/h5-7,12-13,16-17,26-27,29,31,33,39,42,44,57H,2-4,10-11,14-15,18-25,28H2,1H3,(H,54,63)(H,55,64)(H,56,61,62)/t31-,33-,39?,42-,44+,50+/m0/s1. The fourth-order valence-corrected chi connectivity index (χ4v) is 12.8. The predicted octanol–water partition coefficient (Wildman–Crippen LogP) is 6.85. The van der Waals surface area contributed by atoms with Crippen molar-refractivity contribution in [2.45, 2.75) is 118 Å². The van der Waals surface area contributed by atoms with Crippen molar-refractivity contribution in [1.29, 1.82) is 0 Å². The molecule has 4 amide bonds. The van der Waals surface area contributed by atoms with E-state index in [0.29, 0.717) is 40.5 Å². The Labute approximate surface area is 387 Å². The van der Waals surface area contributed by atoms with Gasteiger partial charge in [0.25, 0.3) is 0 Å². The maximum atomic E-state index is 16.3. The fraction of sp³-hybridized carbons (Fsp3) is 0.500. The molecule has 1 unspecified atom stereocenters. The Morgan fingerprint density at radius 3 is 2.42 bits per heavy atom. The van der Waals surface area contributed by atoms with E-state index in [-0.39, 0.29) is 58.8 Å². The number of likely N-dealkylation sites (tertiary alicyclic amines) is 1. The van der Waals surface area contributed by atoms with Gasteiger partial charge >= 0.3 is 5.69 Å². The number of piperidine rings is 2. The number of anilines is 1. The van der Waals surface area contributed by atoms with Crippen LogP contribution in [-0.4, -0.2) is 74.9 Å². The summed E-state index contributed by atoms with van der Waals surface area (Å²) in [7, 11) is 1.69. The number of imide groups is 1. The predicted molar refractivity (Wildman–Crippen MR) is 247 cm³/mol. The monoisotopic (exact) mass is 921 g/mol. The lowest BCUT2D eigenvalue weighted by molar-refractivity contribution is -0.136. The molecule has 0 radical (unpaired) electrons. The minimum absolute atomic E-state index is 0.0357. The number of hydrogen-bond donors (Lipinski definition) is 4. The number of nitrogens with zero attached hydrogens (tertiary/aromatic N) is 3. The first-order valence-electron chi connectivity index (χ1n) is 23.3. The molecule has 4 aromatic rings. The summed E-state index contributed by atoms with van der Waals surface area (Å²) < 4.78 is 19.3. The van der Waals surface area contributed by atoms with Crippen molar-refractivity contribution < 1.29 is 23.6 Å². The summed E-state index contributed by atoms with van der Waals surface area (Å²) >= 11 is 12.9. The highest BCUT2D eigenvalue weighted by molar-refractivity contribution is 6.31. The molecule has 2 aliphatic carbocycles. The Kier molecular flexibility index (Phi) is 11.7. The van der Waals surface area contributed by atoms with Crippen molar-refractivity contribution in [3.05, 3.63) is 97.6 Å². The smallest absolute Gasteiger partial charge is 0.329 e. The largest absolute Gasteiger partial charge is 0.352 e. The van der Waals surface area contributed by atoms with Gasteiger partial charge in [-0.1, -0.05) is 72.5 Å². The van der Waals surface area contributed by atoms with Crippen molar-refractivity contribution >= 4 is 63.6 Å². The number of carbonyl (C=O) groups is 4. The summed E-state index contributed by atoms with van der Waals surface area (Å²) in [5.41, 5.74) is 1.41. The van der Waals surface area contributed by atoms with E-state index in [0.717, 1.165) is 88.5 Å². The number of halogens is 3. The van der Waals surface area contributed by atoms with Crippen molar-refractivity contribution in [2.24, 2.45) is 18.9 Å². The molecule has 65 heavy (non-hydrogen) atoms. The second kappa shape index (κ2) is 17.3. The van der Waals surface area contributed by atoms with Gasteiger partial charge in [-0.3, -0.25) is 38.9 Å². The fourth-order valence-electron chi connectivity index (χ4n) is 12.5. The van der Waals surface area contributed by atoms with Gasteiger partial charge < -0.3 is 15.5 Å². The molecule has 15 heteroatoms. The van der Waals surface area contributed by atoms with Gasteiger partial charge in [-0.15, -0.1) is 0 Å². The number of imidazole rings is 1. The molecular weight excluding hydrogens is 868 g/mol. The van der Waals surface area contributed by atoms with Gasteiger partial charge in [0.05, 0.1) is 22.1 Å². The van der Waals surface area contributed by atoms with E-state index in [1.54, 1.807) is 31.3 Å². The van der Waals surface area contributed by atoms with Crippen LogP contribution in [0.15, 0.2) is 59.4 Å². The Balaban J connectivity index is 0.777. The second-order valence-corrected chi connectivity index (χ2v) is 20.1. The summed E-state index contributed by atoms with van der Waals surface area (Å²) in [6.07, 6.45) is 10.2. The average Bonchev–Trinajstić information content (AvgIpc) is 3.85. The van der Waals surface area contributed by atoms with Gasteiger partial charge in [0.1, 0.15) is 17.3 Å². The Bertz CT molecular complexity index is 2720. The molecule has 5 fully saturated rings. The Hall–Kier alpha value is -5.00. The zero-order chi connectivity index (χ0) is 45.2. The number of fused-ring (bicyclic) bond motifs is 4. The van der Waals surface area contributed by atoms with E-state index >= 15 is 4.39 Å². The van der Waals surface area contributed by atoms with Crippen LogP contribution in [0.3, 0.4) is 0 Å². The van der Waals surface area contributed by atoms with Crippen molar-refractivity contribution in [2.75, 3.05) is 25.0 Å². The van der Waals surface area contributed by atoms with Crippen LogP contribution in [0.5, 0.6) is 0 Å². The lowest BCUT2D eigenvalue weighted by Crippen LogP contribution is -2.60. The summed E-state index contributed by atoms with van der Waals surface area (Å²) in [6.45, 7) is 2.92. The molecule has 4 N–H and O–H groups in total. The van der Waals surface area contributed by atoms with Crippen molar-refractivity contribution in [3.8, 4) is 11.8 Å². The zero-order valence-electron chi connectivity index (χ0n) is 36.5. The topological polar surface area (TPSA) is 147 Å². The van der Waals surface area contributed by atoms with E-state index in [9.17, 15) is 24.0 Å². The molecule has 12 nitrogen and oxygen atoms in total. The van der Waals surface area contributed by atoms with Crippen LogP contribution >= 0.6 is 23.2 Å². The normalized spacial score (nSPS) is 27.9. The number of hydrogen-bond acceptors (Lipinski definition) is 7. The highest BCUT2D eigenvalue weighted by Crippen LogP contribution is 2.63. The number of aromatic nitrogens is 2. The van der Waals surface area contributed by atoms with E-state index in [1.165, 1.54) is 15.2 Å². The van der Waals surface area contributed by atoms with E-state index in [4.69, 9.17) is 23.2 Å². The first kappa shape index (κ1) is 43.9. The SMILES string of the molecule is Cn1c(=O)n(C2CCC(=O)NC2=O)c2ccc(C#CC3CCN(C[C@H]4CC[C@H](NC(=O)[C@@H]5NC6(CCCCC6)[C@@]6(C(=O)Nc7cc(Cl)ccc76)[C@H]5c5cccc(Cl)c5F)CC4)CC3)cc21. The van der Waals surface area contributed by atoms with Gasteiger partial charge in [-0.2, -0.15) is 0 Å². The molecule has 5 heterocycles. The number of benzene rings is 3. The summed E-state index contributed by atoms with van der Waals surface area (Å²) in [5, 5.41) is 13.0. The molecule has 340 valence electrons. The van der Waals surface area contributed by atoms with Crippen molar-refractivity contribution in [3.63, 3.8) is 0 Å². The van der Waals surface area contributed by atoms with Crippen LogP contribution in [0, 0.1) is 29.5 Å². The third-order valence-electron chi connectivity index (χ3n) is 15.6. The van der Waals surface area contributed by atoms with Crippen molar-refractivity contribution in [1.82, 2.24) is 30.0 Å². The number of aryl methyl sites for hydroxylation is 1. The Morgan fingerprint density at radius 2 is 1.66 bits per heavy atom. The number of carbonyl (C=O) groups excluding carboxylic acids is 4. The molecule has 1 aromatic heterocycles. The van der Waals surface area contributed by atoms with Gasteiger partial charge in [0.2, 0.25) is 23.6 Å². The van der Waals surface area contributed by atoms with Crippen LogP contribution in [-0.2, 0) is 31.6 Å². The van der Waals surface area contributed by atoms with Crippen LogP contribution in [0.4, 0.5) is 10.1 Å². The lowest BCUT2D eigenvalue weighted by atomic mass is 9.55. The zero-order valence-corrected chi connectivity index (χ0v) is 38.0. The Morgan fingerprint density at radius 1 is 0.892 bits per heavy atom. The highest BCUT2D eigenvalue weighted by Gasteiger charge is 2.72. The molecule has 2 spiro atoms. The number of amides is 4. The van der Waals surface area contributed by atoms with Crippen LogP contribution in [0.2, 0.25) is 10.0 Å². The van der Waals surface area contributed by atoms with E-state index in [1.807, 2.05) is 24.3 Å². The molecular formula is C50H54Cl2FN7O5. The molecule has 0 bridgehead atoms. The minimum atomic E-state index is -1.26. The highest BCUT2D eigenvalue weighted by atomic mass is 35.5. The summed E-state index contributed by atoms with van der Waals surface area (Å²) in [6, 6.07) is 14.3. The van der Waals surface area contributed by atoms with Gasteiger partial charge in [-0.05, 0) is 124 Å². The van der Waals surface area contributed by atoms with Crippen LogP contribution in [0.1, 0.15) is 112 Å².